The smallest absolute Gasteiger partial charge is 0.258 e. The summed E-state index contributed by atoms with van der Waals surface area (Å²) in [5.74, 6) is 0.614. The number of para-hydroxylation sites is 2. The molecule has 0 aliphatic heterocycles. The van der Waals surface area contributed by atoms with Crippen LogP contribution < -0.4 is 10.9 Å². The number of fused-ring (bicyclic) bond motifs is 1. The highest BCUT2D eigenvalue weighted by atomic mass is 16.1. The molecule has 5 heteroatoms. The molecular weight excluding hydrogens is 338 g/mol. The standard InChI is InChI=1S/C22H25N3O2/c1-3-15-9-7-10-16(4-2)21(15)25-20(26)14-8-13-19-23-18-12-6-5-11-17(18)22(27)24-19/h5-7,9-12H,3-4,8,13-14H2,1-2H3,(H,25,26)(H,23,24,27). The number of aryl methyl sites for hydroxylation is 3. The molecule has 0 bridgehead atoms. The number of H-pyrrole nitrogens is 1. The SMILES string of the molecule is CCc1cccc(CC)c1NC(=O)CCCc1nc2ccccc2c(=O)[nH]1. The predicted octanol–water partition coefficient (Wildman–Crippen LogP) is 4.01. The Morgan fingerprint density at radius 1 is 1.04 bits per heavy atom. The second-order valence-electron chi connectivity index (χ2n) is 6.59. The third-order valence-corrected chi connectivity index (χ3v) is 4.74. The lowest BCUT2D eigenvalue weighted by atomic mass is 10.0. The van der Waals surface area contributed by atoms with Gasteiger partial charge in [0, 0.05) is 18.5 Å². The number of nitrogens with one attached hydrogen (secondary N) is 2. The number of hydrogen-bond donors (Lipinski definition) is 2. The highest BCUT2D eigenvalue weighted by molar-refractivity contribution is 5.92. The third-order valence-electron chi connectivity index (χ3n) is 4.74. The Labute approximate surface area is 158 Å². The molecule has 0 atom stereocenters. The van der Waals surface area contributed by atoms with Gasteiger partial charge in [-0.2, -0.15) is 0 Å². The van der Waals surface area contributed by atoms with Crippen LogP contribution in [0.4, 0.5) is 5.69 Å². The molecule has 0 aliphatic rings. The predicted molar refractivity (Wildman–Crippen MR) is 109 cm³/mol. The molecular formula is C22H25N3O2. The zero-order valence-electron chi connectivity index (χ0n) is 15.8. The van der Waals surface area contributed by atoms with Crippen LogP contribution in [0.15, 0.2) is 47.3 Å². The van der Waals surface area contributed by atoms with Crippen molar-refractivity contribution in [1.29, 1.82) is 0 Å². The minimum atomic E-state index is -0.135. The van der Waals surface area contributed by atoms with E-state index in [1.165, 1.54) is 0 Å². The van der Waals surface area contributed by atoms with Gasteiger partial charge >= 0.3 is 0 Å². The topological polar surface area (TPSA) is 74.8 Å². The van der Waals surface area contributed by atoms with Crippen LogP contribution in [0.3, 0.4) is 0 Å². The summed E-state index contributed by atoms with van der Waals surface area (Å²) in [6, 6.07) is 13.4. The molecule has 0 spiro atoms. The van der Waals surface area contributed by atoms with E-state index in [1.54, 1.807) is 6.07 Å². The molecule has 140 valence electrons. The first-order valence-corrected chi connectivity index (χ1v) is 9.51. The first-order valence-electron chi connectivity index (χ1n) is 9.51. The lowest BCUT2D eigenvalue weighted by Gasteiger charge is -2.14. The molecule has 27 heavy (non-hydrogen) atoms. The van der Waals surface area contributed by atoms with Crippen molar-refractivity contribution in [2.24, 2.45) is 0 Å². The zero-order valence-corrected chi connectivity index (χ0v) is 15.8. The number of carbonyl (C=O) groups is 1. The van der Waals surface area contributed by atoms with E-state index >= 15 is 0 Å². The summed E-state index contributed by atoms with van der Waals surface area (Å²) >= 11 is 0. The van der Waals surface area contributed by atoms with Gasteiger partial charge in [-0.1, -0.05) is 44.2 Å². The number of aromatic nitrogens is 2. The molecule has 0 saturated carbocycles. The van der Waals surface area contributed by atoms with E-state index < -0.39 is 0 Å². The van der Waals surface area contributed by atoms with E-state index in [2.05, 4.69) is 41.3 Å². The van der Waals surface area contributed by atoms with Crippen LogP contribution in [0.5, 0.6) is 0 Å². The molecule has 0 unspecified atom stereocenters. The van der Waals surface area contributed by atoms with Crippen molar-refractivity contribution < 1.29 is 4.79 Å². The van der Waals surface area contributed by atoms with Gasteiger partial charge < -0.3 is 10.3 Å². The fourth-order valence-corrected chi connectivity index (χ4v) is 3.27. The average molecular weight is 363 g/mol. The molecule has 3 rings (SSSR count). The largest absolute Gasteiger partial charge is 0.326 e. The third kappa shape index (κ3) is 4.42. The maximum absolute atomic E-state index is 12.4. The number of anilines is 1. The summed E-state index contributed by atoms with van der Waals surface area (Å²) in [7, 11) is 0. The summed E-state index contributed by atoms with van der Waals surface area (Å²) in [5, 5.41) is 3.66. The van der Waals surface area contributed by atoms with Crippen molar-refractivity contribution in [2.45, 2.75) is 46.0 Å². The van der Waals surface area contributed by atoms with Crippen molar-refractivity contribution in [3.63, 3.8) is 0 Å². The van der Waals surface area contributed by atoms with E-state index in [-0.39, 0.29) is 11.5 Å². The number of rotatable bonds is 7. The van der Waals surface area contributed by atoms with Crippen LogP contribution in [-0.4, -0.2) is 15.9 Å². The summed E-state index contributed by atoms with van der Waals surface area (Å²) in [6.45, 7) is 4.18. The number of amides is 1. The van der Waals surface area contributed by atoms with E-state index in [9.17, 15) is 9.59 Å². The monoisotopic (exact) mass is 363 g/mol. The Balaban J connectivity index is 1.63. The van der Waals surface area contributed by atoms with Gasteiger partial charge in [-0.3, -0.25) is 9.59 Å². The Morgan fingerprint density at radius 3 is 2.44 bits per heavy atom. The van der Waals surface area contributed by atoms with Gasteiger partial charge in [0.15, 0.2) is 0 Å². The van der Waals surface area contributed by atoms with Crippen LogP contribution in [-0.2, 0) is 24.1 Å². The highest BCUT2D eigenvalue weighted by Gasteiger charge is 2.10. The molecule has 0 saturated heterocycles. The quantitative estimate of drug-likeness (QED) is 0.666. The van der Waals surface area contributed by atoms with E-state index in [0.29, 0.717) is 36.0 Å². The van der Waals surface area contributed by atoms with Crippen LogP contribution in [0.1, 0.15) is 43.6 Å². The van der Waals surface area contributed by atoms with Crippen LogP contribution in [0.25, 0.3) is 10.9 Å². The molecule has 3 aromatic rings. The molecule has 1 heterocycles. The van der Waals surface area contributed by atoms with E-state index in [0.717, 1.165) is 29.7 Å². The Bertz CT molecular complexity index is 986. The van der Waals surface area contributed by atoms with Crippen LogP contribution in [0.2, 0.25) is 0 Å². The summed E-state index contributed by atoms with van der Waals surface area (Å²) in [6.07, 6.45) is 3.33. The van der Waals surface area contributed by atoms with Crippen molar-refractivity contribution in [3.05, 3.63) is 69.8 Å². The maximum Gasteiger partial charge on any atom is 0.258 e. The van der Waals surface area contributed by atoms with Gasteiger partial charge in [-0.25, -0.2) is 4.98 Å². The first-order chi connectivity index (χ1) is 13.1. The van der Waals surface area contributed by atoms with Crippen LogP contribution in [0, 0.1) is 0 Å². The first kappa shape index (κ1) is 18.8. The maximum atomic E-state index is 12.4. The highest BCUT2D eigenvalue weighted by Crippen LogP contribution is 2.23. The second-order valence-corrected chi connectivity index (χ2v) is 6.59. The number of carbonyl (C=O) groups excluding carboxylic acids is 1. The molecule has 0 fully saturated rings. The van der Waals surface area contributed by atoms with E-state index in [4.69, 9.17) is 0 Å². The molecule has 2 N–H and O–H groups in total. The number of benzene rings is 2. The average Bonchev–Trinajstić information content (AvgIpc) is 2.68. The van der Waals surface area contributed by atoms with Gasteiger partial charge in [-0.15, -0.1) is 0 Å². The number of aromatic amines is 1. The lowest BCUT2D eigenvalue weighted by molar-refractivity contribution is -0.116. The Hall–Kier alpha value is -2.95. The van der Waals surface area contributed by atoms with Gasteiger partial charge in [-0.05, 0) is 42.5 Å². The van der Waals surface area contributed by atoms with Gasteiger partial charge in [0.05, 0.1) is 10.9 Å². The van der Waals surface area contributed by atoms with Gasteiger partial charge in [0.25, 0.3) is 5.56 Å². The van der Waals surface area contributed by atoms with Crippen molar-refractivity contribution in [3.8, 4) is 0 Å². The summed E-state index contributed by atoms with van der Waals surface area (Å²) < 4.78 is 0. The molecule has 0 aliphatic carbocycles. The van der Waals surface area contributed by atoms with Gasteiger partial charge in [0.2, 0.25) is 5.91 Å². The van der Waals surface area contributed by atoms with E-state index in [1.807, 2.05) is 24.3 Å². The lowest BCUT2D eigenvalue weighted by Crippen LogP contribution is -2.16. The molecule has 1 amide bonds. The van der Waals surface area contributed by atoms with Crippen LogP contribution >= 0.6 is 0 Å². The summed E-state index contributed by atoms with van der Waals surface area (Å²) in [5.41, 5.74) is 3.81. The number of nitrogens with zero attached hydrogens (tertiary/aromatic N) is 1. The molecule has 2 aromatic carbocycles. The summed E-state index contributed by atoms with van der Waals surface area (Å²) in [4.78, 5) is 31.8. The molecule has 0 radical (unpaired) electrons. The normalized spacial score (nSPS) is 10.9. The van der Waals surface area contributed by atoms with Crippen molar-refractivity contribution >= 4 is 22.5 Å². The fraction of sp³-hybridized carbons (Fsp3) is 0.318. The molecule has 5 nitrogen and oxygen atoms in total. The zero-order chi connectivity index (χ0) is 19.2. The fourth-order valence-electron chi connectivity index (χ4n) is 3.27. The second kappa shape index (κ2) is 8.62. The number of hydrogen-bond acceptors (Lipinski definition) is 3. The minimum absolute atomic E-state index is 0.00580. The molecule has 1 aromatic heterocycles. The van der Waals surface area contributed by atoms with Crippen molar-refractivity contribution in [2.75, 3.05) is 5.32 Å². The van der Waals surface area contributed by atoms with Crippen molar-refractivity contribution in [1.82, 2.24) is 9.97 Å². The van der Waals surface area contributed by atoms with Gasteiger partial charge in [0.1, 0.15) is 5.82 Å². The minimum Gasteiger partial charge on any atom is -0.326 e. The Kier molecular flexibility index (Phi) is 6.01. The Morgan fingerprint density at radius 2 is 1.74 bits per heavy atom.